The number of aromatic hydroxyl groups is 1. The Bertz CT molecular complexity index is 1100. The van der Waals surface area contributed by atoms with Gasteiger partial charge in [0.25, 0.3) is 5.91 Å². The van der Waals surface area contributed by atoms with E-state index in [4.69, 9.17) is 10.5 Å². The molecule has 0 aliphatic rings. The third kappa shape index (κ3) is 6.68. The number of aliphatic hydroxyl groups excluding tert-OH is 1. The molecule has 0 radical (unpaired) electrons. The standard InChI is InChI=1S/C25H30N4O4/c1-25(2,28-15-21(31)18-7-10-23(26)27-14-18)13-16-5-4-6-17(11-16)24(32)29-19-8-9-22(33-3)20(30)12-19/h4-12,14,21,28,30-31H,13,15H2,1-3H3,(H2,26,27)(H,29,32)/t21-/m1/s1. The molecule has 174 valence electrons. The summed E-state index contributed by atoms with van der Waals surface area (Å²) in [5, 5.41) is 26.5. The number of phenolic OH excluding ortho intramolecular Hbond substituents is 1. The summed E-state index contributed by atoms with van der Waals surface area (Å²) < 4.78 is 5.02. The number of ether oxygens (including phenoxy) is 1. The third-order valence-corrected chi connectivity index (χ3v) is 5.24. The molecule has 8 heteroatoms. The average Bonchev–Trinajstić information content (AvgIpc) is 2.78. The maximum atomic E-state index is 12.7. The predicted molar refractivity (Wildman–Crippen MR) is 128 cm³/mol. The van der Waals surface area contributed by atoms with Crippen molar-refractivity contribution in [1.29, 1.82) is 0 Å². The highest BCUT2D eigenvalue weighted by Crippen LogP contribution is 2.28. The van der Waals surface area contributed by atoms with Crippen molar-refractivity contribution in [2.45, 2.75) is 31.9 Å². The highest BCUT2D eigenvalue weighted by Gasteiger charge is 2.21. The molecule has 3 rings (SSSR count). The Morgan fingerprint density at radius 1 is 1.18 bits per heavy atom. The number of phenols is 1. The number of aliphatic hydroxyl groups is 1. The lowest BCUT2D eigenvalue weighted by molar-refractivity contribution is 0.102. The van der Waals surface area contributed by atoms with Gasteiger partial charge in [0.15, 0.2) is 11.5 Å². The van der Waals surface area contributed by atoms with Crippen LogP contribution in [0.2, 0.25) is 0 Å². The number of amides is 1. The lowest BCUT2D eigenvalue weighted by Gasteiger charge is -2.28. The van der Waals surface area contributed by atoms with Gasteiger partial charge in [0, 0.05) is 41.2 Å². The van der Waals surface area contributed by atoms with Crippen LogP contribution in [0.4, 0.5) is 11.5 Å². The normalized spacial score (nSPS) is 12.2. The van der Waals surface area contributed by atoms with Crippen molar-refractivity contribution in [1.82, 2.24) is 10.3 Å². The molecule has 0 fully saturated rings. The number of carbonyl (C=O) groups excluding carboxylic acids is 1. The number of pyridine rings is 1. The molecule has 0 bridgehead atoms. The topological polar surface area (TPSA) is 130 Å². The van der Waals surface area contributed by atoms with Crippen molar-refractivity contribution in [2.75, 3.05) is 24.7 Å². The van der Waals surface area contributed by atoms with Crippen LogP contribution in [0, 0.1) is 0 Å². The number of hydrogen-bond donors (Lipinski definition) is 5. The van der Waals surface area contributed by atoms with Crippen LogP contribution in [-0.2, 0) is 6.42 Å². The second kappa shape index (κ2) is 10.3. The SMILES string of the molecule is COc1ccc(NC(=O)c2cccc(CC(C)(C)NC[C@@H](O)c3ccc(N)nc3)c2)cc1O. The van der Waals surface area contributed by atoms with Crippen molar-refractivity contribution in [2.24, 2.45) is 0 Å². The molecule has 0 spiro atoms. The van der Waals surface area contributed by atoms with Crippen molar-refractivity contribution in [3.05, 3.63) is 77.5 Å². The molecular formula is C25H30N4O4. The number of nitrogens with zero attached hydrogens (tertiary/aromatic N) is 1. The van der Waals surface area contributed by atoms with E-state index < -0.39 is 6.10 Å². The summed E-state index contributed by atoms with van der Waals surface area (Å²) >= 11 is 0. The number of nitrogens with one attached hydrogen (secondary N) is 2. The van der Waals surface area contributed by atoms with E-state index in [1.165, 1.54) is 13.2 Å². The molecular weight excluding hydrogens is 420 g/mol. The molecule has 1 amide bonds. The molecule has 1 aromatic heterocycles. The number of carbonyl (C=O) groups is 1. The van der Waals surface area contributed by atoms with Gasteiger partial charge in [-0.3, -0.25) is 4.79 Å². The van der Waals surface area contributed by atoms with E-state index >= 15 is 0 Å². The molecule has 33 heavy (non-hydrogen) atoms. The summed E-state index contributed by atoms with van der Waals surface area (Å²) in [6, 6.07) is 15.5. The number of β-amino-alcohol motifs (C(OH)–C–C–N with tert-alkyl or cyclic N) is 1. The van der Waals surface area contributed by atoms with Crippen LogP contribution in [0.25, 0.3) is 0 Å². The van der Waals surface area contributed by atoms with E-state index in [1.54, 1.807) is 36.5 Å². The number of nitrogen functional groups attached to an aromatic ring is 1. The van der Waals surface area contributed by atoms with Crippen LogP contribution in [0.5, 0.6) is 11.5 Å². The Morgan fingerprint density at radius 2 is 1.97 bits per heavy atom. The Hall–Kier alpha value is -3.62. The number of aromatic nitrogens is 1. The van der Waals surface area contributed by atoms with Gasteiger partial charge < -0.3 is 31.3 Å². The van der Waals surface area contributed by atoms with E-state index in [9.17, 15) is 15.0 Å². The maximum absolute atomic E-state index is 12.7. The largest absolute Gasteiger partial charge is 0.504 e. The third-order valence-electron chi connectivity index (χ3n) is 5.24. The van der Waals surface area contributed by atoms with Gasteiger partial charge in [-0.25, -0.2) is 4.98 Å². The monoisotopic (exact) mass is 450 g/mol. The quantitative estimate of drug-likeness (QED) is 0.338. The molecule has 2 aromatic carbocycles. The number of nitrogens with two attached hydrogens (primary N) is 1. The Balaban J connectivity index is 1.61. The smallest absolute Gasteiger partial charge is 0.255 e. The molecule has 8 nitrogen and oxygen atoms in total. The summed E-state index contributed by atoms with van der Waals surface area (Å²) in [4.78, 5) is 16.7. The van der Waals surface area contributed by atoms with Gasteiger partial charge in [-0.15, -0.1) is 0 Å². The summed E-state index contributed by atoms with van der Waals surface area (Å²) in [6.07, 6.45) is 1.50. The summed E-state index contributed by atoms with van der Waals surface area (Å²) in [5.74, 6) is 0.418. The minimum Gasteiger partial charge on any atom is -0.504 e. The first kappa shape index (κ1) is 24.0. The van der Waals surface area contributed by atoms with Crippen molar-refractivity contribution >= 4 is 17.4 Å². The first-order valence-electron chi connectivity index (χ1n) is 10.6. The fourth-order valence-electron chi connectivity index (χ4n) is 3.47. The molecule has 1 heterocycles. The minimum atomic E-state index is -0.713. The fourth-order valence-corrected chi connectivity index (χ4v) is 3.47. The first-order valence-corrected chi connectivity index (χ1v) is 10.6. The Labute approximate surface area is 193 Å². The zero-order valence-corrected chi connectivity index (χ0v) is 19.0. The molecule has 0 saturated heterocycles. The van der Waals surface area contributed by atoms with E-state index in [2.05, 4.69) is 15.6 Å². The number of benzene rings is 2. The first-order chi connectivity index (χ1) is 15.7. The highest BCUT2D eigenvalue weighted by atomic mass is 16.5. The van der Waals surface area contributed by atoms with Crippen molar-refractivity contribution < 1.29 is 19.7 Å². The Kier molecular flexibility index (Phi) is 7.52. The number of rotatable bonds is 9. The lowest BCUT2D eigenvalue weighted by atomic mass is 9.93. The van der Waals surface area contributed by atoms with Gasteiger partial charge in [0.2, 0.25) is 0 Å². The van der Waals surface area contributed by atoms with E-state index in [-0.39, 0.29) is 17.2 Å². The molecule has 0 saturated carbocycles. The second-order valence-corrected chi connectivity index (χ2v) is 8.51. The number of anilines is 2. The van der Waals surface area contributed by atoms with Crippen molar-refractivity contribution in [3.8, 4) is 11.5 Å². The molecule has 0 unspecified atom stereocenters. The number of methoxy groups -OCH3 is 1. The Morgan fingerprint density at radius 3 is 2.64 bits per heavy atom. The van der Waals surface area contributed by atoms with Gasteiger partial charge >= 0.3 is 0 Å². The average molecular weight is 451 g/mol. The van der Waals surface area contributed by atoms with E-state index in [0.29, 0.717) is 41.3 Å². The van der Waals surface area contributed by atoms with Crippen LogP contribution in [0.1, 0.15) is 41.4 Å². The maximum Gasteiger partial charge on any atom is 0.255 e. The molecule has 3 aromatic rings. The van der Waals surface area contributed by atoms with E-state index in [0.717, 1.165) is 5.56 Å². The summed E-state index contributed by atoms with van der Waals surface area (Å²) in [6.45, 7) is 4.42. The van der Waals surface area contributed by atoms with Gasteiger partial charge in [0.1, 0.15) is 5.82 Å². The molecule has 0 aliphatic heterocycles. The van der Waals surface area contributed by atoms with Crippen LogP contribution < -0.4 is 21.1 Å². The van der Waals surface area contributed by atoms with Gasteiger partial charge in [-0.05, 0) is 56.2 Å². The van der Waals surface area contributed by atoms with Crippen LogP contribution in [-0.4, -0.2) is 40.3 Å². The van der Waals surface area contributed by atoms with Crippen molar-refractivity contribution in [3.63, 3.8) is 0 Å². The van der Waals surface area contributed by atoms with Crippen LogP contribution in [0.3, 0.4) is 0 Å². The predicted octanol–water partition coefficient (Wildman–Crippen LogP) is 3.27. The van der Waals surface area contributed by atoms with Crippen LogP contribution in [0.15, 0.2) is 60.8 Å². The van der Waals surface area contributed by atoms with Gasteiger partial charge in [-0.1, -0.05) is 18.2 Å². The minimum absolute atomic E-state index is 0.0474. The highest BCUT2D eigenvalue weighted by molar-refractivity contribution is 6.04. The molecule has 1 atom stereocenters. The molecule has 6 N–H and O–H groups in total. The molecule has 0 aliphatic carbocycles. The van der Waals surface area contributed by atoms with Crippen LogP contribution >= 0.6 is 0 Å². The summed E-state index contributed by atoms with van der Waals surface area (Å²) in [7, 11) is 1.46. The fraction of sp³-hybridized carbons (Fsp3) is 0.280. The van der Waals surface area contributed by atoms with Gasteiger partial charge in [0.05, 0.1) is 13.2 Å². The van der Waals surface area contributed by atoms with Gasteiger partial charge in [-0.2, -0.15) is 0 Å². The zero-order chi connectivity index (χ0) is 24.0. The lowest BCUT2D eigenvalue weighted by Crippen LogP contribution is -2.43. The van der Waals surface area contributed by atoms with E-state index in [1.807, 2.05) is 32.0 Å². The number of hydrogen-bond acceptors (Lipinski definition) is 7. The zero-order valence-electron chi connectivity index (χ0n) is 19.0. The summed E-state index contributed by atoms with van der Waals surface area (Å²) in [5.41, 5.74) is 7.90. The second-order valence-electron chi connectivity index (χ2n) is 8.51.